The molecular formula is C22H23NO8. The SMILES string of the molecule is COc1cc(C2C(C(=O)O)CCC(=O)N2c2ccc3c(c2)OCO3)cc(OC)c1OC. The lowest BCUT2D eigenvalue weighted by molar-refractivity contribution is -0.144. The topological polar surface area (TPSA) is 104 Å². The second-order valence-electron chi connectivity index (χ2n) is 7.19. The monoisotopic (exact) mass is 429 g/mol. The smallest absolute Gasteiger partial charge is 0.308 e. The van der Waals surface area contributed by atoms with Gasteiger partial charge in [-0.1, -0.05) is 0 Å². The fraction of sp³-hybridized carbons (Fsp3) is 0.364. The van der Waals surface area contributed by atoms with Crippen LogP contribution in [0.1, 0.15) is 24.4 Å². The molecule has 164 valence electrons. The highest BCUT2D eigenvalue weighted by molar-refractivity contribution is 5.97. The third kappa shape index (κ3) is 3.56. The summed E-state index contributed by atoms with van der Waals surface area (Å²) in [5.74, 6) is 0.225. The van der Waals surface area contributed by atoms with Crippen molar-refractivity contribution in [2.24, 2.45) is 5.92 Å². The van der Waals surface area contributed by atoms with Gasteiger partial charge in [0.25, 0.3) is 0 Å². The molecule has 2 heterocycles. The van der Waals surface area contributed by atoms with Gasteiger partial charge < -0.3 is 33.7 Å². The van der Waals surface area contributed by atoms with Crippen molar-refractivity contribution in [2.45, 2.75) is 18.9 Å². The Kier molecular flexibility index (Phi) is 5.50. The zero-order valence-electron chi connectivity index (χ0n) is 17.4. The average Bonchev–Trinajstić information content (AvgIpc) is 3.25. The van der Waals surface area contributed by atoms with E-state index in [0.29, 0.717) is 40.0 Å². The summed E-state index contributed by atoms with van der Waals surface area (Å²) >= 11 is 0. The van der Waals surface area contributed by atoms with Crippen molar-refractivity contribution in [3.63, 3.8) is 0 Å². The van der Waals surface area contributed by atoms with Gasteiger partial charge >= 0.3 is 5.97 Å². The molecular weight excluding hydrogens is 406 g/mol. The number of aliphatic carboxylic acids is 1. The van der Waals surface area contributed by atoms with Gasteiger partial charge in [0, 0.05) is 18.2 Å². The van der Waals surface area contributed by atoms with Crippen LogP contribution < -0.4 is 28.6 Å². The number of benzene rings is 2. The summed E-state index contributed by atoms with van der Waals surface area (Å²) in [6.07, 6.45) is 0.336. The summed E-state index contributed by atoms with van der Waals surface area (Å²) in [4.78, 5) is 26.7. The molecule has 2 aliphatic rings. The maximum absolute atomic E-state index is 13.1. The van der Waals surface area contributed by atoms with E-state index in [1.807, 2.05) is 0 Å². The number of rotatable bonds is 6. The third-order valence-corrected chi connectivity index (χ3v) is 5.58. The number of piperidine rings is 1. The number of carbonyl (C=O) groups excluding carboxylic acids is 1. The van der Waals surface area contributed by atoms with Crippen LogP contribution in [0.5, 0.6) is 28.7 Å². The van der Waals surface area contributed by atoms with Gasteiger partial charge in [0.05, 0.1) is 33.3 Å². The van der Waals surface area contributed by atoms with Crippen LogP contribution in [0.15, 0.2) is 30.3 Å². The number of methoxy groups -OCH3 is 3. The fourth-order valence-corrected chi connectivity index (χ4v) is 4.14. The zero-order chi connectivity index (χ0) is 22.1. The van der Waals surface area contributed by atoms with Gasteiger partial charge in [-0.15, -0.1) is 0 Å². The van der Waals surface area contributed by atoms with Gasteiger partial charge in [0.1, 0.15) is 0 Å². The van der Waals surface area contributed by atoms with E-state index < -0.39 is 17.9 Å². The van der Waals surface area contributed by atoms with Crippen LogP contribution >= 0.6 is 0 Å². The number of fused-ring (bicyclic) bond motifs is 1. The molecule has 1 fully saturated rings. The zero-order valence-corrected chi connectivity index (χ0v) is 17.4. The molecule has 0 spiro atoms. The number of amides is 1. The number of carbonyl (C=O) groups is 2. The maximum atomic E-state index is 13.1. The van der Waals surface area contributed by atoms with Crippen LogP contribution in [0, 0.1) is 5.92 Å². The van der Waals surface area contributed by atoms with Gasteiger partial charge in [-0.2, -0.15) is 0 Å². The van der Waals surface area contributed by atoms with E-state index in [1.165, 1.54) is 26.2 Å². The molecule has 2 aromatic carbocycles. The Hall–Kier alpha value is -3.62. The van der Waals surface area contributed by atoms with Crippen LogP contribution in [-0.2, 0) is 9.59 Å². The van der Waals surface area contributed by atoms with Crippen LogP contribution in [-0.4, -0.2) is 45.1 Å². The van der Waals surface area contributed by atoms with Crippen molar-refractivity contribution in [1.82, 2.24) is 0 Å². The van der Waals surface area contributed by atoms with E-state index in [9.17, 15) is 14.7 Å². The maximum Gasteiger partial charge on any atom is 0.308 e. The predicted octanol–water partition coefficient (Wildman–Crippen LogP) is 3.01. The Morgan fingerprint density at radius 1 is 1.03 bits per heavy atom. The Morgan fingerprint density at radius 2 is 1.71 bits per heavy atom. The largest absolute Gasteiger partial charge is 0.493 e. The van der Waals surface area contributed by atoms with Gasteiger partial charge in [-0.25, -0.2) is 0 Å². The molecule has 9 heteroatoms. The van der Waals surface area contributed by atoms with Crippen molar-refractivity contribution in [2.75, 3.05) is 33.0 Å². The Morgan fingerprint density at radius 3 is 2.32 bits per heavy atom. The van der Waals surface area contributed by atoms with Crippen LogP contribution in [0.3, 0.4) is 0 Å². The number of anilines is 1. The Bertz CT molecular complexity index is 996. The van der Waals surface area contributed by atoms with Gasteiger partial charge in [-0.05, 0) is 36.2 Å². The molecule has 0 aromatic heterocycles. The lowest BCUT2D eigenvalue weighted by atomic mass is 9.83. The summed E-state index contributed by atoms with van der Waals surface area (Å²) in [5, 5.41) is 9.96. The Labute approximate surface area is 179 Å². The van der Waals surface area contributed by atoms with Crippen molar-refractivity contribution < 1.29 is 38.4 Å². The molecule has 0 saturated carbocycles. The molecule has 2 unspecified atom stereocenters. The van der Waals surface area contributed by atoms with Gasteiger partial charge in [0.2, 0.25) is 18.4 Å². The highest BCUT2D eigenvalue weighted by Gasteiger charge is 2.42. The molecule has 1 N–H and O–H groups in total. The van der Waals surface area contributed by atoms with E-state index in [0.717, 1.165) is 0 Å². The lowest BCUT2D eigenvalue weighted by Gasteiger charge is -2.40. The first-order chi connectivity index (χ1) is 15.0. The van der Waals surface area contributed by atoms with E-state index in [1.54, 1.807) is 30.3 Å². The second kappa shape index (κ2) is 8.25. The lowest BCUT2D eigenvalue weighted by Crippen LogP contribution is -2.45. The summed E-state index contributed by atoms with van der Waals surface area (Å²) in [7, 11) is 4.46. The summed E-state index contributed by atoms with van der Waals surface area (Å²) in [5.41, 5.74) is 1.09. The molecule has 4 rings (SSSR count). The average molecular weight is 429 g/mol. The quantitative estimate of drug-likeness (QED) is 0.747. The van der Waals surface area contributed by atoms with Gasteiger partial charge in [0.15, 0.2) is 23.0 Å². The standard InChI is InChI=1S/C22H23NO8/c1-27-17-8-12(9-18(28-2)21(17)29-3)20-14(22(25)26)5-7-19(24)23(20)13-4-6-15-16(10-13)31-11-30-15/h4,6,8-10,14,20H,5,7,11H2,1-3H3,(H,25,26). The first-order valence-corrected chi connectivity index (χ1v) is 9.73. The van der Waals surface area contributed by atoms with Crippen LogP contribution in [0.2, 0.25) is 0 Å². The molecule has 0 aliphatic carbocycles. The molecule has 1 amide bonds. The van der Waals surface area contributed by atoms with Crippen molar-refractivity contribution in [3.05, 3.63) is 35.9 Å². The van der Waals surface area contributed by atoms with E-state index >= 15 is 0 Å². The molecule has 31 heavy (non-hydrogen) atoms. The molecule has 2 aliphatic heterocycles. The molecule has 0 radical (unpaired) electrons. The number of hydrogen-bond acceptors (Lipinski definition) is 7. The van der Waals surface area contributed by atoms with E-state index in [-0.39, 0.29) is 25.5 Å². The predicted molar refractivity (Wildman–Crippen MR) is 109 cm³/mol. The molecule has 9 nitrogen and oxygen atoms in total. The minimum Gasteiger partial charge on any atom is -0.493 e. The van der Waals surface area contributed by atoms with Crippen LogP contribution in [0.25, 0.3) is 0 Å². The Balaban J connectivity index is 1.87. The van der Waals surface area contributed by atoms with E-state index in [4.69, 9.17) is 23.7 Å². The highest BCUT2D eigenvalue weighted by Crippen LogP contribution is 2.47. The molecule has 1 saturated heterocycles. The summed E-state index contributed by atoms with van der Waals surface area (Å²) < 4.78 is 27.1. The first kappa shape index (κ1) is 20.6. The number of nitrogens with zero attached hydrogens (tertiary/aromatic N) is 1. The molecule has 2 atom stereocenters. The molecule has 0 bridgehead atoms. The third-order valence-electron chi connectivity index (χ3n) is 5.58. The normalized spacial score (nSPS) is 19.8. The number of carboxylic acids is 1. The molecule has 2 aromatic rings. The second-order valence-corrected chi connectivity index (χ2v) is 7.19. The summed E-state index contributed by atoms with van der Waals surface area (Å²) in [6, 6.07) is 7.70. The van der Waals surface area contributed by atoms with Crippen molar-refractivity contribution >= 4 is 17.6 Å². The number of ether oxygens (including phenoxy) is 5. The van der Waals surface area contributed by atoms with Gasteiger partial charge in [-0.3, -0.25) is 9.59 Å². The van der Waals surface area contributed by atoms with Crippen molar-refractivity contribution in [1.29, 1.82) is 0 Å². The minimum atomic E-state index is -0.989. The highest BCUT2D eigenvalue weighted by atomic mass is 16.7. The summed E-state index contributed by atoms with van der Waals surface area (Å²) in [6.45, 7) is 0.0980. The van der Waals surface area contributed by atoms with E-state index in [2.05, 4.69) is 0 Å². The van der Waals surface area contributed by atoms with Crippen molar-refractivity contribution in [3.8, 4) is 28.7 Å². The van der Waals surface area contributed by atoms with Crippen LogP contribution in [0.4, 0.5) is 5.69 Å². The minimum absolute atomic E-state index is 0.0980. The fourth-order valence-electron chi connectivity index (χ4n) is 4.14. The number of hydrogen-bond donors (Lipinski definition) is 1. The first-order valence-electron chi connectivity index (χ1n) is 9.73. The number of carboxylic acid groups (broad SMARTS) is 1.